The number of aryl methyl sites for hydroxylation is 1. The maximum atomic E-state index is 13.8. The molecule has 0 saturated carbocycles. The Labute approximate surface area is 137 Å². The normalized spacial score (nSPS) is 11.9. The third-order valence-corrected chi connectivity index (χ3v) is 4.36. The van der Waals surface area contributed by atoms with E-state index >= 15 is 0 Å². The Morgan fingerprint density at radius 2 is 2.05 bits per heavy atom. The number of nitrogens with one attached hydrogen (secondary N) is 1. The smallest absolute Gasteiger partial charge is 0.150 e. The highest BCUT2D eigenvalue weighted by Gasteiger charge is 2.12. The van der Waals surface area contributed by atoms with Crippen molar-refractivity contribution in [2.24, 2.45) is 0 Å². The minimum absolute atomic E-state index is 0.131. The van der Waals surface area contributed by atoms with Crippen LogP contribution in [0.25, 0.3) is 10.6 Å². The SMILES string of the molecule is CC(C)(C)NCCCc1nnc(-c2cc(Br)ccc2F)s1. The molecule has 0 atom stereocenters. The van der Waals surface area contributed by atoms with Crippen LogP contribution < -0.4 is 5.32 Å². The third-order valence-electron chi connectivity index (χ3n) is 2.85. The van der Waals surface area contributed by atoms with Gasteiger partial charge in [-0.2, -0.15) is 0 Å². The lowest BCUT2D eigenvalue weighted by Crippen LogP contribution is -2.36. The molecule has 0 amide bonds. The fourth-order valence-corrected chi connectivity index (χ4v) is 3.09. The number of hydrogen-bond acceptors (Lipinski definition) is 4. The summed E-state index contributed by atoms with van der Waals surface area (Å²) in [5.41, 5.74) is 0.632. The zero-order chi connectivity index (χ0) is 15.5. The predicted octanol–water partition coefficient (Wildman–Crippen LogP) is 4.43. The van der Waals surface area contributed by atoms with Crippen molar-refractivity contribution in [3.63, 3.8) is 0 Å². The molecule has 0 radical (unpaired) electrons. The van der Waals surface area contributed by atoms with Crippen molar-refractivity contribution in [1.82, 2.24) is 15.5 Å². The van der Waals surface area contributed by atoms with Crippen LogP contribution in [0.15, 0.2) is 22.7 Å². The van der Waals surface area contributed by atoms with Gasteiger partial charge >= 0.3 is 0 Å². The Morgan fingerprint density at radius 3 is 2.76 bits per heavy atom. The second-order valence-corrected chi connectivity index (χ2v) is 7.88. The zero-order valence-electron chi connectivity index (χ0n) is 12.4. The van der Waals surface area contributed by atoms with Gasteiger partial charge in [0.25, 0.3) is 0 Å². The van der Waals surface area contributed by atoms with Crippen LogP contribution in [0, 0.1) is 5.82 Å². The average molecular weight is 372 g/mol. The number of hydrogen-bond donors (Lipinski definition) is 1. The van der Waals surface area contributed by atoms with E-state index in [0.29, 0.717) is 10.6 Å². The molecule has 0 spiro atoms. The highest BCUT2D eigenvalue weighted by atomic mass is 79.9. The molecule has 0 aliphatic rings. The first-order valence-electron chi connectivity index (χ1n) is 6.88. The molecule has 114 valence electrons. The summed E-state index contributed by atoms with van der Waals surface area (Å²) in [4.78, 5) is 0. The van der Waals surface area contributed by atoms with Crippen LogP contribution in [0.4, 0.5) is 4.39 Å². The first kappa shape index (κ1) is 16.5. The Kier molecular flexibility index (Phi) is 5.46. The third kappa shape index (κ3) is 5.13. The van der Waals surface area contributed by atoms with E-state index in [0.717, 1.165) is 28.9 Å². The van der Waals surface area contributed by atoms with E-state index in [4.69, 9.17) is 0 Å². The van der Waals surface area contributed by atoms with Gasteiger partial charge in [-0.1, -0.05) is 27.3 Å². The first-order valence-corrected chi connectivity index (χ1v) is 8.49. The van der Waals surface area contributed by atoms with E-state index in [1.54, 1.807) is 12.1 Å². The highest BCUT2D eigenvalue weighted by Crippen LogP contribution is 2.29. The van der Waals surface area contributed by atoms with E-state index in [1.165, 1.54) is 17.4 Å². The molecule has 1 N–H and O–H groups in total. The van der Waals surface area contributed by atoms with E-state index < -0.39 is 0 Å². The molecule has 1 aromatic carbocycles. The van der Waals surface area contributed by atoms with Gasteiger partial charge in [0, 0.05) is 22.0 Å². The second kappa shape index (κ2) is 6.94. The molecule has 0 aliphatic heterocycles. The van der Waals surface area contributed by atoms with Gasteiger partial charge in [0.1, 0.15) is 10.8 Å². The Bertz CT molecular complexity index is 607. The molecule has 21 heavy (non-hydrogen) atoms. The van der Waals surface area contributed by atoms with Crippen LogP contribution in [0.3, 0.4) is 0 Å². The van der Waals surface area contributed by atoms with Gasteiger partial charge in [0.05, 0.1) is 0 Å². The van der Waals surface area contributed by atoms with Gasteiger partial charge in [-0.3, -0.25) is 0 Å². The van der Waals surface area contributed by atoms with Crippen LogP contribution in [-0.4, -0.2) is 22.3 Å². The monoisotopic (exact) mass is 371 g/mol. The molecule has 3 nitrogen and oxygen atoms in total. The molecule has 2 aromatic rings. The van der Waals surface area contributed by atoms with Crippen LogP contribution in [-0.2, 0) is 6.42 Å². The minimum Gasteiger partial charge on any atom is -0.312 e. The summed E-state index contributed by atoms with van der Waals surface area (Å²) in [5.74, 6) is -0.268. The maximum Gasteiger partial charge on any atom is 0.150 e. The van der Waals surface area contributed by atoms with Gasteiger partial charge in [-0.15, -0.1) is 10.2 Å². The summed E-state index contributed by atoms with van der Waals surface area (Å²) < 4.78 is 14.6. The van der Waals surface area contributed by atoms with Crippen molar-refractivity contribution in [2.45, 2.75) is 39.2 Å². The fraction of sp³-hybridized carbons (Fsp3) is 0.467. The molecular weight excluding hydrogens is 353 g/mol. The van der Waals surface area contributed by atoms with Crippen LogP contribution >= 0.6 is 27.3 Å². The summed E-state index contributed by atoms with van der Waals surface area (Å²) in [7, 11) is 0. The molecule has 0 unspecified atom stereocenters. The van der Waals surface area contributed by atoms with E-state index in [2.05, 4.69) is 52.2 Å². The average Bonchev–Trinajstić information content (AvgIpc) is 2.85. The van der Waals surface area contributed by atoms with Gasteiger partial charge in [0.2, 0.25) is 0 Å². The fourth-order valence-electron chi connectivity index (χ4n) is 1.83. The summed E-state index contributed by atoms with van der Waals surface area (Å²) in [6.07, 6.45) is 1.85. The summed E-state index contributed by atoms with van der Waals surface area (Å²) in [5, 5.41) is 13.3. The zero-order valence-corrected chi connectivity index (χ0v) is 14.8. The molecule has 6 heteroatoms. The van der Waals surface area contributed by atoms with Crippen LogP contribution in [0.5, 0.6) is 0 Å². The topological polar surface area (TPSA) is 37.8 Å². The van der Waals surface area contributed by atoms with Crippen molar-refractivity contribution >= 4 is 27.3 Å². The number of aromatic nitrogens is 2. The highest BCUT2D eigenvalue weighted by molar-refractivity contribution is 9.10. The minimum atomic E-state index is -0.268. The second-order valence-electron chi connectivity index (χ2n) is 5.91. The molecule has 0 saturated heterocycles. The predicted molar refractivity (Wildman–Crippen MR) is 89.1 cm³/mol. The largest absolute Gasteiger partial charge is 0.312 e. The summed E-state index contributed by atoms with van der Waals surface area (Å²) in [6.45, 7) is 7.37. The molecule has 0 bridgehead atoms. The molecule has 0 fully saturated rings. The van der Waals surface area contributed by atoms with E-state index in [-0.39, 0.29) is 11.4 Å². The van der Waals surface area contributed by atoms with Crippen molar-refractivity contribution in [2.75, 3.05) is 6.54 Å². The van der Waals surface area contributed by atoms with Crippen LogP contribution in [0.2, 0.25) is 0 Å². The van der Waals surface area contributed by atoms with Gasteiger partial charge < -0.3 is 5.32 Å². The van der Waals surface area contributed by atoms with Crippen molar-refractivity contribution < 1.29 is 4.39 Å². The number of rotatable bonds is 5. The first-order chi connectivity index (χ1) is 9.85. The lowest BCUT2D eigenvalue weighted by atomic mass is 10.1. The quantitative estimate of drug-likeness (QED) is 0.790. The Balaban J connectivity index is 1.97. The Morgan fingerprint density at radius 1 is 1.29 bits per heavy atom. The van der Waals surface area contributed by atoms with Crippen molar-refractivity contribution in [3.05, 3.63) is 33.5 Å². The van der Waals surface area contributed by atoms with Crippen LogP contribution in [0.1, 0.15) is 32.2 Å². The molecule has 1 aromatic heterocycles. The van der Waals surface area contributed by atoms with Gasteiger partial charge in [0.15, 0.2) is 5.01 Å². The molecule has 0 aliphatic carbocycles. The van der Waals surface area contributed by atoms with Gasteiger partial charge in [-0.25, -0.2) is 4.39 Å². The maximum absolute atomic E-state index is 13.8. The number of halogens is 2. The van der Waals surface area contributed by atoms with E-state index in [1.807, 2.05) is 0 Å². The lowest BCUT2D eigenvalue weighted by Gasteiger charge is -2.20. The van der Waals surface area contributed by atoms with Crippen molar-refractivity contribution in [3.8, 4) is 10.6 Å². The summed E-state index contributed by atoms with van der Waals surface area (Å²) in [6, 6.07) is 4.85. The standard InChI is InChI=1S/C15H19BrFN3S/c1-15(2,3)18-8-4-5-13-19-20-14(21-13)11-9-10(16)6-7-12(11)17/h6-7,9,18H,4-5,8H2,1-3H3. The van der Waals surface area contributed by atoms with Crippen molar-refractivity contribution in [1.29, 1.82) is 0 Å². The van der Waals surface area contributed by atoms with E-state index in [9.17, 15) is 4.39 Å². The van der Waals surface area contributed by atoms with Gasteiger partial charge in [-0.05, 0) is 51.9 Å². The molecule has 1 heterocycles. The molecule has 2 rings (SSSR count). The number of nitrogens with zero attached hydrogens (tertiary/aromatic N) is 2. The summed E-state index contributed by atoms with van der Waals surface area (Å²) >= 11 is 4.81. The number of benzene rings is 1. The Hall–Kier alpha value is -0.850. The lowest BCUT2D eigenvalue weighted by molar-refractivity contribution is 0.422. The molecular formula is C15H19BrFN3S.